The highest BCUT2D eigenvalue weighted by Gasteiger charge is 2.18. The van der Waals surface area contributed by atoms with Crippen molar-refractivity contribution in [2.45, 2.75) is 12.5 Å². The molecule has 1 N–H and O–H groups in total. The lowest BCUT2D eigenvalue weighted by Crippen LogP contribution is -2.13. The molecule has 0 radical (unpaired) electrons. The van der Waals surface area contributed by atoms with E-state index in [1.165, 1.54) is 37.5 Å². The summed E-state index contributed by atoms with van der Waals surface area (Å²) in [6.45, 7) is 0. The fraction of sp³-hybridized carbons (Fsp3) is 0.100. The Bertz CT molecular complexity index is 1080. The zero-order valence-electron chi connectivity index (χ0n) is 11.5. The van der Waals surface area contributed by atoms with Gasteiger partial charge in [-0.3, -0.25) is 0 Å². The molecule has 0 bridgehead atoms. The van der Waals surface area contributed by atoms with E-state index in [9.17, 15) is 5.11 Å². The molecular formula is C20H14O. The van der Waals surface area contributed by atoms with Gasteiger partial charge < -0.3 is 5.11 Å². The van der Waals surface area contributed by atoms with Gasteiger partial charge in [-0.25, -0.2) is 0 Å². The highest BCUT2D eigenvalue weighted by atomic mass is 16.3. The molecule has 0 spiro atoms. The molecule has 5 rings (SSSR count). The highest BCUT2D eigenvalue weighted by molar-refractivity contribution is 6.22. The van der Waals surface area contributed by atoms with Crippen LogP contribution in [0.25, 0.3) is 38.4 Å². The van der Waals surface area contributed by atoms with Crippen LogP contribution >= 0.6 is 0 Å². The summed E-state index contributed by atoms with van der Waals surface area (Å²) >= 11 is 0. The smallest absolute Gasteiger partial charge is 0.0831 e. The van der Waals surface area contributed by atoms with Gasteiger partial charge in [0.2, 0.25) is 0 Å². The molecule has 1 heteroatoms. The first-order valence-electron chi connectivity index (χ1n) is 7.38. The van der Waals surface area contributed by atoms with Gasteiger partial charge in [0.1, 0.15) is 0 Å². The van der Waals surface area contributed by atoms with Crippen molar-refractivity contribution < 1.29 is 5.11 Å². The molecule has 21 heavy (non-hydrogen) atoms. The van der Waals surface area contributed by atoms with Crippen LogP contribution in [0.3, 0.4) is 0 Å². The van der Waals surface area contributed by atoms with Crippen LogP contribution in [-0.4, -0.2) is 5.11 Å². The molecule has 100 valence electrons. The topological polar surface area (TPSA) is 20.2 Å². The maximum absolute atomic E-state index is 10.3. The van der Waals surface area contributed by atoms with Crippen molar-refractivity contribution in [2.24, 2.45) is 0 Å². The molecule has 0 aliphatic heterocycles. The van der Waals surface area contributed by atoms with Crippen LogP contribution < -0.4 is 5.22 Å². The summed E-state index contributed by atoms with van der Waals surface area (Å²) in [4.78, 5) is 0. The Hall–Kier alpha value is -2.38. The zero-order chi connectivity index (χ0) is 14.0. The predicted octanol–water partition coefficient (Wildman–Crippen LogP) is 4.08. The summed E-state index contributed by atoms with van der Waals surface area (Å²) in [5.74, 6) is 0. The molecule has 4 aromatic carbocycles. The van der Waals surface area contributed by atoms with Crippen molar-refractivity contribution in [3.05, 3.63) is 65.4 Å². The van der Waals surface area contributed by atoms with Gasteiger partial charge in [-0.1, -0.05) is 54.6 Å². The Morgan fingerprint density at radius 2 is 1.71 bits per heavy atom. The van der Waals surface area contributed by atoms with Crippen LogP contribution in [0.2, 0.25) is 0 Å². The Kier molecular flexibility index (Phi) is 2.06. The van der Waals surface area contributed by atoms with Gasteiger partial charge in [-0.05, 0) is 55.6 Å². The lowest BCUT2D eigenvalue weighted by Gasteiger charge is -2.20. The summed E-state index contributed by atoms with van der Waals surface area (Å²) < 4.78 is 0. The summed E-state index contributed by atoms with van der Waals surface area (Å²) in [7, 11) is 0. The average molecular weight is 270 g/mol. The molecule has 0 saturated heterocycles. The van der Waals surface area contributed by atoms with Crippen LogP contribution in [-0.2, 0) is 0 Å². The summed E-state index contributed by atoms with van der Waals surface area (Å²) in [6.07, 6.45) is 2.49. The van der Waals surface area contributed by atoms with Crippen LogP contribution in [0.15, 0.2) is 54.6 Å². The maximum atomic E-state index is 10.3. The number of benzene rings is 4. The van der Waals surface area contributed by atoms with Crippen molar-refractivity contribution >= 4 is 38.4 Å². The van der Waals surface area contributed by atoms with E-state index >= 15 is 0 Å². The Morgan fingerprint density at radius 1 is 0.810 bits per heavy atom. The van der Waals surface area contributed by atoms with Crippen LogP contribution in [0.5, 0.6) is 0 Å². The number of hydrogen-bond donors (Lipinski definition) is 1. The van der Waals surface area contributed by atoms with Gasteiger partial charge in [0.05, 0.1) is 6.10 Å². The summed E-state index contributed by atoms with van der Waals surface area (Å²) in [5.41, 5.74) is 1.07. The first kappa shape index (κ1) is 11.3. The van der Waals surface area contributed by atoms with Crippen molar-refractivity contribution in [2.75, 3.05) is 0 Å². The second-order valence-electron chi connectivity index (χ2n) is 5.88. The SMILES string of the molecule is OC1CC=c2ccc3c4ccccc4cc4ccc1c2c43. The van der Waals surface area contributed by atoms with Crippen molar-refractivity contribution in [3.63, 3.8) is 0 Å². The molecule has 0 saturated carbocycles. The predicted molar refractivity (Wildman–Crippen MR) is 88.2 cm³/mol. The minimum Gasteiger partial charge on any atom is -0.388 e. The van der Waals surface area contributed by atoms with Crippen molar-refractivity contribution in [3.8, 4) is 0 Å². The minimum absolute atomic E-state index is 0.376. The molecule has 0 amide bonds. The molecule has 1 nitrogen and oxygen atoms in total. The largest absolute Gasteiger partial charge is 0.388 e. The molecule has 1 unspecified atom stereocenters. The van der Waals surface area contributed by atoms with E-state index in [1.807, 2.05) is 0 Å². The maximum Gasteiger partial charge on any atom is 0.0831 e. The number of hydrogen-bond acceptors (Lipinski definition) is 1. The van der Waals surface area contributed by atoms with E-state index in [2.05, 4.69) is 60.7 Å². The highest BCUT2D eigenvalue weighted by Crippen LogP contribution is 2.36. The number of fused-ring (bicyclic) bond motifs is 2. The Balaban J connectivity index is 2.16. The quantitative estimate of drug-likeness (QED) is 0.377. The second-order valence-corrected chi connectivity index (χ2v) is 5.88. The molecule has 0 heterocycles. The third-order valence-corrected chi connectivity index (χ3v) is 4.74. The zero-order valence-corrected chi connectivity index (χ0v) is 11.5. The number of aliphatic hydroxyl groups excluding tert-OH is 1. The van der Waals surface area contributed by atoms with E-state index in [-0.39, 0.29) is 6.10 Å². The third kappa shape index (κ3) is 1.39. The van der Waals surface area contributed by atoms with Gasteiger partial charge in [-0.15, -0.1) is 0 Å². The normalized spacial score (nSPS) is 17.5. The molecule has 1 aliphatic carbocycles. The first-order chi connectivity index (χ1) is 10.3. The van der Waals surface area contributed by atoms with Gasteiger partial charge in [0, 0.05) is 0 Å². The van der Waals surface area contributed by atoms with E-state index in [4.69, 9.17) is 0 Å². The lowest BCUT2D eigenvalue weighted by atomic mass is 9.87. The van der Waals surface area contributed by atoms with E-state index in [0.29, 0.717) is 6.42 Å². The van der Waals surface area contributed by atoms with Crippen LogP contribution in [0.1, 0.15) is 18.1 Å². The fourth-order valence-electron chi connectivity index (χ4n) is 3.77. The second kappa shape index (κ2) is 3.84. The molecule has 0 fully saturated rings. The molecule has 4 aromatic rings. The molecule has 1 atom stereocenters. The molecule has 1 aliphatic rings. The van der Waals surface area contributed by atoms with Crippen molar-refractivity contribution in [1.29, 1.82) is 0 Å². The third-order valence-electron chi connectivity index (χ3n) is 4.74. The van der Waals surface area contributed by atoms with Crippen LogP contribution in [0.4, 0.5) is 0 Å². The van der Waals surface area contributed by atoms with Crippen LogP contribution in [0, 0.1) is 0 Å². The lowest BCUT2D eigenvalue weighted by molar-refractivity contribution is 0.186. The average Bonchev–Trinajstić information content (AvgIpc) is 2.53. The van der Waals surface area contributed by atoms with Gasteiger partial charge in [0.15, 0.2) is 0 Å². The number of rotatable bonds is 0. The summed E-state index contributed by atoms with van der Waals surface area (Å²) in [6, 6.07) is 19.4. The van der Waals surface area contributed by atoms with E-state index in [0.717, 1.165) is 5.56 Å². The Labute approximate surface area is 122 Å². The van der Waals surface area contributed by atoms with E-state index < -0.39 is 0 Å². The van der Waals surface area contributed by atoms with E-state index in [1.54, 1.807) is 0 Å². The standard InChI is InChI=1S/C20H14O/c21-18-10-7-12-5-8-16-15-4-2-1-3-13(15)11-14-6-9-17(18)19(12)20(14)16/h1-9,11,18,21H,10H2. The monoisotopic (exact) mass is 270 g/mol. The fourth-order valence-corrected chi connectivity index (χ4v) is 3.77. The van der Waals surface area contributed by atoms with Gasteiger partial charge >= 0.3 is 0 Å². The van der Waals surface area contributed by atoms with Gasteiger partial charge in [-0.2, -0.15) is 0 Å². The molecular weight excluding hydrogens is 256 g/mol. The Morgan fingerprint density at radius 3 is 2.67 bits per heavy atom. The minimum atomic E-state index is -0.376. The molecule has 0 aromatic heterocycles. The number of aliphatic hydroxyl groups is 1. The summed E-state index contributed by atoms with van der Waals surface area (Å²) in [5, 5.41) is 19.2. The van der Waals surface area contributed by atoms with Crippen molar-refractivity contribution in [1.82, 2.24) is 0 Å². The first-order valence-corrected chi connectivity index (χ1v) is 7.38. The van der Waals surface area contributed by atoms with Gasteiger partial charge in [0.25, 0.3) is 0 Å².